The maximum atomic E-state index is 12.2. The molecular weight excluding hydrogens is 375 g/mol. The Morgan fingerprint density at radius 3 is 2.58 bits per heavy atom. The van der Waals surface area contributed by atoms with Crippen LogP contribution in [0.25, 0.3) is 0 Å². The molecule has 0 aliphatic heterocycles. The molecule has 0 fully saturated rings. The van der Waals surface area contributed by atoms with Gasteiger partial charge in [-0.15, -0.1) is 0 Å². The second-order valence-electron chi connectivity index (χ2n) is 5.63. The highest BCUT2D eigenvalue weighted by Gasteiger charge is 2.13. The highest BCUT2D eigenvalue weighted by Crippen LogP contribution is 2.28. The van der Waals surface area contributed by atoms with Crippen LogP contribution in [-0.4, -0.2) is 19.7 Å². The van der Waals surface area contributed by atoms with Crippen LogP contribution in [0, 0.1) is 0 Å². The van der Waals surface area contributed by atoms with Crippen molar-refractivity contribution in [2.45, 2.75) is 26.4 Å². The van der Waals surface area contributed by atoms with Crippen LogP contribution in [0.2, 0.25) is 10.0 Å². The van der Waals surface area contributed by atoms with Gasteiger partial charge < -0.3 is 20.1 Å². The Morgan fingerprint density at radius 2 is 1.92 bits per heavy atom. The van der Waals surface area contributed by atoms with E-state index in [4.69, 9.17) is 32.7 Å². The fraction of sp³-hybridized carbons (Fsp3) is 0.316. The van der Waals surface area contributed by atoms with Crippen LogP contribution in [0.15, 0.2) is 36.4 Å². The molecule has 1 atom stereocenters. The van der Waals surface area contributed by atoms with Crippen LogP contribution in [0.1, 0.15) is 31.0 Å². The Bertz CT molecular complexity index is 768. The Balaban J connectivity index is 1.94. The number of halogens is 2. The number of rotatable bonds is 7. The minimum Gasteiger partial charge on any atom is -0.493 e. The average molecular weight is 397 g/mol. The van der Waals surface area contributed by atoms with E-state index >= 15 is 0 Å². The summed E-state index contributed by atoms with van der Waals surface area (Å²) in [6.07, 6.45) is 0. The molecule has 1 unspecified atom stereocenters. The van der Waals surface area contributed by atoms with Crippen molar-refractivity contribution in [1.82, 2.24) is 10.6 Å². The molecule has 0 saturated heterocycles. The molecule has 0 aliphatic rings. The molecule has 7 heteroatoms. The van der Waals surface area contributed by atoms with E-state index in [1.165, 1.54) is 0 Å². The Morgan fingerprint density at radius 1 is 1.15 bits per heavy atom. The average Bonchev–Trinajstić information content (AvgIpc) is 2.60. The number of methoxy groups -OCH3 is 1. The third-order valence-electron chi connectivity index (χ3n) is 3.76. The van der Waals surface area contributed by atoms with E-state index in [9.17, 15) is 4.79 Å². The molecule has 0 bridgehead atoms. The predicted molar refractivity (Wildman–Crippen MR) is 104 cm³/mol. The van der Waals surface area contributed by atoms with E-state index in [1.54, 1.807) is 25.3 Å². The summed E-state index contributed by atoms with van der Waals surface area (Å²) in [7, 11) is 1.58. The smallest absolute Gasteiger partial charge is 0.315 e. The summed E-state index contributed by atoms with van der Waals surface area (Å²) < 4.78 is 10.8. The summed E-state index contributed by atoms with van der Waals surface area (Å²) in [5, 5.41) is 6.74. The Labute approximate surface area is 163 Å². The van der Waals surface area contributed by atoms with Gasteiger partial charge in [-0.3, -0.25) is 0 Å². The number of carbonyl (C=O) groups excluding carboxylic acids is 1. The quantitative estimate of drug-likeness (QED) is 0.694. The summed E-state index contributed by atoms with van der Waals surface area (Å²) in [5.41, 5.74) is 1.70. The van der Waals surface area contributed by atoms with E-state index in [0.717, 1.165) is 11.1 Å². The largest absolute Gasteiger partial charge is 0.493 e. The van der Waals surface area contributed by atoms with Gasteiger partial charge in [-0.05, 0) is 49.2 Å². The van der Waals surface area contributed by atoms with E-state index in [2.05, 4.69) is 10.6 Å². The second kappa shape index (κ2) is 9.55. The standard InChI is InChI=1S/C19H22Cl2N2O3/c1-4-26-17-8-5-13(9-18(17)25-3)11-22-19(24)23-12(2)15-7-6-14(20)10-16(15)21/h5-10,12H,4,11H2,1-3H3,(H2,22,23,24). The molecule has 0 spiro atoms. The zero-order chi connectivity index (χ0) is 19.1. The van der Waals surface area contributed by atoms with E-state index in [0.29, 0.717) is 34.7 Å². The first kappa shape index (κ1) is 20.2. The molecule has 2 aromatic rings. The lowest BCUT2D eigenvalue weighted by Gasteiger charge is -2.17. The maximum Gasteiger partial charge on any atom is 0.315 e. The highest BCUT2D eigenvalue weighted by molar-refractivity contribution is 6.35. The minimum absolute atomic E-state index is 0.255. The third kappa shape index (κ3) is 5.44. The summed E-state index contributed by atoms with van der Waals surface area (Å²) in [6, 6.07) is 10.2. The minimum atomic E-state index is -0.295. The number of urea groups is 1. The summed E-state index contributed by atoms with van der Waals surface area (Å²) >= 11 is 12.1. The van der Waals surface area contributed by atoms with Gasteiger partial charge in [0.05, 0.1) is 19.8 Å². The summed E-state index contributed by atoms with van der Waals surface area (Å²) in [6.45, 7) is 4.68. The van der Waals surface area contributed by atoms with Gasteiger partial charge in [0.25, 0.3) is 0 Å². The molecule has 2 rings (SSSR count). The fourth-order valence-corrected chi connectivity index (χ4v) is 3.03. The molecule has 0 aliphatic carbocycles. The first-order chi connectivity index (χ1) is 12.4. The maximum absolute atomic E-state index is 12.2. The number of hydrogen-bond acceptors (Lipinski definition) is 3. The topological polar surface area (TPSA) is 59.6 Å². The molecule has 2 N–H and O–H groups in total. The van der Waals surface area contributed by atoms with Crippen LogP contribution >= 0.6 is 23.2 Å². The van der Waals surface area contributed by atoms with E-state index in [-0.39, 0.29) is 12.1 Å². The zero-order valence-corrected chi connectivity index (χ0v) is 16.4. The monoisotopic (exact) mass is 396 g/mol. The molecule has 0 saturated carbocycles. The van der Waals surface area contributed by atoms with Crippen molar-refractivity contribution in [2.75, 3.05) is 13.7 Å². The molecule has 140 valence electrons. The predicted octanol–water partition coefficient (Wildman–Crippen LogP) is 4.96. The number of nitrogens with one attached hydrogen (secondary N) is 2. The van der Waals surface area contributed by atoms with E-state index in [1.807, 2.05) is 32.0 Å². The number of carbonyl (C=O) groups is 1. The van der Waals surface area contributed by atoms with Gasteiger partial charge in [-0.25, -0.2) is 4.79 Å². The molecule has 2 amide bonds. The molecular formula is C19H22Cl2N2O3. The van der Waals surface area contributed by atoms with Crippen LogP contribution in [0.4, 0.5) is 4.79 Å². The lowest BCUT2D eigenvalue weighted by molar-refractivity contribution is 0.237. The van der Waals surface area contributed by atoms with Crippen LogP contribution in [0.5, 0.6) is 11.5 Å². The SMILES string of the molecule is CCOc1ccc(CNC(=O)NC(C)c2ccc(Cl)cc2Cl)cc1OC. The third-order valence-corrected chi connectivity index (χ3v) is 4.32. The normalized spacial score (nSPS) is 11.6. The Hall–Kier alpha value is -2.11. The highest BCUT2D eigenvalue weighted by atomic mass is 35.5. The van der Waals surface area contributed by atoms with Gasteiger partial charge >= 0.3 is 6.03 Å². The molecule has 26 heavy (non-hydrogen) atoms. The van der Waals surface area contributed by atoms with Crippen LogP contribution < -0.4 is 20.1 Å². The zero-order valence-electron chi connectivity index (χ0n) is 14.9. The first-order valence-electron chi connectivity index (χ1n) is 8.23. The summed E-state index contributed by atoms with van der Waals surface area (Å²) in [4.78, 5) is 12.2. The molecule has 0 aromatic heterocycles. The second-order valence-corrected chi connectivity index (χ2v) is 6.48. The van der Waals surface area contributed by atoms with Crippen molar-refractivity contribution < 1.29 is 14.3 Å². The van der Waals surface area contributed by atoms with Gasteiger partial charge in [0, 0.05) is 16.6 Å². The molecule has 0 heterocycles. The fourth-order valence-electron chi connectivity index (χ4n) is 2.46. The van der Waals surface area contributed by atoms with Crippen molar-refractivity contribution in [3.8, 4) is 11.5 Å². The van der Waals surface area contributed by atoms with Crippen molar-refractivity contribution >= 4 is 29.2 Å². The van der Waals surface area contributed by atoms with Gasteiger partial charge in [0.1, 0.15) is 0 Å². The molecule has 0 radical (unpaired) electrons. The first-order valence-corrected chi connectivity index (χ1v) is 8.99. The van der Waals surface area contributed by atoms with E-state index < -0.39 is 0 Å². The van der Waals surface area contributed by atoms with Gasteiger partial charge in [0.15, 0.2) is 11.5 Å². The Kier molecular flexibility index (Phi) is 7.42. The van der Waals surface area contributed by atoms with Crippen LogP contribution in [0.3, 0.4) is 0 Å². The van der Waals surface area contributed by atoms with Gasteiger partial charge in [0.2, 0.25) is 0 Å². The lowest BCUT2D eigenvalue weighted by atomic mass is 10.1. The number of amides is 2. The molecule has 5 nitrogen and oxygen atoms in total. The van der Waals surface area contributed by atoms with Crippen molar-refractivity contribution in [1.29, 1.82) is 0 Å². The van der Waals surface area contributed by atoms with Crippen molar-refractivity contribution in [3.05, 3.63) is 57.6 Å². The lowest BCUT2D eigenvalue weighted by Crippen LogP contribution is -2.36. The van der Waals surface area contributed by atoms with Crippen LogP contribution in [-0.2, 0) is 6.54 Å². The van der Waals surface area contributed by atoms with Crippen molar-refractivity contribution in [2.24, 2.45) is 0 Å². The molecule has 2 aromatic carbocycles. The van der Waals surface area contributed by atoms with Gasteiger partial charge in [-0.2, -0.15) is 0 Å². The van der Waals surface area contributed by atoms with Crippen molar-refractivity contribution in [3.63, 3.8) is 0 Å². The number of benzene rings is 2. The number of hydrogen-bond donors (Lipinski definition) is 2. The number of ether oxygens (including phenoxy) is 2. The van der Waals surface area contributed by atoms with Gasteiger partial charge in [-0.1, -0.05) is 35.3 Å². The summed E-state index contributed by atoms with van der Waals surface area (Å²) in [5.74, 6) is 1.31.